The number of carbonyl (C=O) groups is 1. The van der Waals surface area contributed by atoms with Gasteiger partial charge in [-0.1, -0.05) is 23.7 Å². The summed E-state index contributed by atoms with van der Waals surface area (Å²) >= 11 is 5.95. The summed E-state index contributed by atoms with van der Waals surface area (Å²) in [6.45, 7) is 5.94. The fourth-order valence-corrected chi connectivity index (χ4v) is 2.80. The zero-order valence-corrected chi connectivity index (χ0v) is 15.7. The molecular formula is C19H20ClN5O. The molecule has 1 amide bonds. The molecule has 0 bridgehead atoms. The summed E-state index contributed by atoms with van der Waals surface area (Å²) in [6.07, 6.45) is 4.16. The Morgan fingerprint density at radius 3 is 2.54 bits per heavy atom. The molecule has 0 aliphatic heterocycles. The molecular weight excluding hydrogens is 350 g/mol. The summed E-state index contributed by atoms with van der Waals surface area (Å²) in [5.74, 6) is 0.388. The minimum Gasteiger partial charge on any atom is -0.323 e. The number of hydrogen-bond donors (Lipinski definition) is 1. The van der Waals surface area contributed by atoms with Crippen molar-refractivity contribution in [2.24, 2.45) is 0 Å². The Bertz CT molecular complexity index is 934. The van der Waals surface area contributed by atoms with E-state index < -0.39 is 0 Å². The van der Waals surface area contributed by atoms with Crippen LogP contribution >= 0.6 is 11.6 Å². The molecule has 0 fully saturated rings. The van der Waals surface area contributed by atoms with E-state index in [1.807, 2.05) is 45.0 Å². The van der Waals surface area contributed by atoms with Crippen LogP contribution in [0.15, 0.2) is 36.7 Å². The minimum atomic E-state index is -0.0942. The van der Waals surface area contributed by atoms with Crippen molar-refractivity contribution in [3.63, 3.8) is 0 Å². The third-order valence-corrected chi connectivity index (χ3v) is 4.53. The first-order valence-corrected chi connectivity index (χ1v) is 8.71. The van der Waals surface area contributed by atoms with Gasteiger partial charge in [-0.2, -0.15) is 5.10 Å². The summed E-state index contributed by atoms with van der Waals surface area (Å²) < 4.78 is 1.70. The number of aryl methyl sites for hydroxylation is 2. The second-order valence-electron chi connectivity index (χ2n) is 6.16. The number of nitrogens with one attached hydrogen (secondary N) is 1. The van der Waals surface area contributed by atoms with Gasteiger partial charge in [0.05, 0.1) is 23.8 Å². The van der Waals surface area contributed by atoms with E-state index in [-0.39, 0.29) is 5.91 Å². The Morgan fingerprint density at radius 1 is 1.19 bits per heavy atom. The Kier molecular flexibility index (Phi) is 5.32. The standard InChI is InChI=1S/C19H20ClN5O/c1-12-13(2)24-25(14(12)3)19-21-10-17(11-22-19)23-18(26)8-7-15-5-4-6-16(20)9-15/h4-6,9-11H,7-8H2,1-3H3,(H,23,26). The van der Waals surface area contributed by atoms with Gasteiger partial charge in [0.25, 0.3) is 5.95 Å². The molecule has 2 heterocycles. The molecule has 2 aromatic heterocycles. The van der Waals surface area contributed by atoms with Crippen molar-refractivity contribution in [1.82, 2.24) is 19.7 Å². The van der Waals surface area contributed by atoms with Crippen LogP contribution in [0.4, 0.5) is 5.69 Å². The van der Waals surface area contributed by atoms with E-state index in [0.29, 0.717) is 29.5 Å². The van der Waals surface area contributed by atoms with Crippen molar-refractivity contribution < 1.29 is 4.79 Å². The summed E-state index contributed by atoms with van der Waals surface area (Å²) in [7, 11) is 0. The SMILES string of the molecule is Cc1nn(-c2ncc(NC(=O)CCc3cccc(Cl)c3)cn2)c(C)c1C. The van der Waals surface area contributed by atoms with Crippen LogP contribution in [0.1, 0.15) is 28.9 Å². The Labute approximate surface area is 157 Å². The number of aromatic nitrogens is 4. The van der Waals surface area contributed by atoms with Gasteiger partial charge in [-0.3, -0.25) is 4.79 Å². The molecule has 3 aromatic rings. The van der Waals surface area contributed by atoms with Crippen LogP contribution in [0.5, 0.6) is 0 Å². The smallest absolute Gasteiger partial charge is 0.250 e. The number of anilines is 1. The van der Waals surface area contributed by atoms with Gasteiger partial charge in [0.1, 0.15) is 0 Å². The molecule has 0 aliphatic rings. The maximum absolute atomic E-state index is 12.1. The van der Waals surface area contributed by atoms with Gasteiger partial charge in [0.15, 0.2) is 0 Å². The van der Waals surface area contributed by atoms with Crippen LogP contribution in [0, 0.1) is 20.8 Å². The highest BCUT2D eigenvalue weighted by Gasteiger charge is 2.11. The summed E-state index contributed by atoms with van der Waals surface area (Å²) in [5.41, 5.74) is 4.65. The number of hydrogen-bond acceptors (Lipinski definition) is 4. The lowest BCUT2D eigenvalue weighted by atomic mass is 10.1. The van der Waals surface area contributed by atoms with Crippen molar-refractivity contribution in [3.05, 3.63) is 64.2 Å². The van der Waals surface area contributed by atoms with Crippen LogP contribution in [0.3, 0.4) is 0 Å². The molecule has 1 N–H and O–H groups in total. The number of benzene rings is 1. The second-order valence-corrected chi connectivity index (χ2v) is 6.59. The van der Waals surface area contributed by atoms with E-state index in [2.05, 4.69) is 20.4 Å². The number of amides is 1. The van der Waals surface area contributed by atoms with Gasteiger partial charge in [-0.25, -0.2) is 14.6 Å². The summed E-state index contributed by atoms with van der Waals surface area (Å²) in [4.78, 5) is 20.7. The molecule has 0 spiro atoms. The largest absolute Gasteiger partial charge is 0.323 e. The fraction of sp³-hybridized carbons (Fsp3) is 0.263. The first kappa shape index (κ1) is 18.1. The zero-order valence-electron chi connectivity index (χ0n) is 15.0. The molecule has 0 atom stereocenters. The lowest BCUT2D eigenvalue weighted by Crippen LogP contribution is -2.13. The number of halogens is 1. The molecule has 0 saturated carbocycles. The number of rotatable bonds is 5. The monoisotopic (exact) mass is 369 g/mol. The van der Waals surface area contributed by atoms with Crippen LogP contribution in [-0.2, 0) is 11.2 Å². The molecule has 26 heavy (non-hydrogen) atoms. The maximum atomic E-state index is 12.1. The van der Waals surface area contributed by atoms with Gasteiger partial charge in [-0.05, 0) is 50.5 Å². The van der Waals surface area contributed by atoms with Crippen LogP contribution in [-0.4, -0.2) is 25.7 Å². The minimum absolute atomic E-state index is 0.0942. The molecule has 1 aromatic carbocycles. The molecule has 134 valence electrons. The topological polar surface area (TPSA) is 72.7 Å². The highest BCUT2D eigenvalue weighted by atomic mass is 35.5. The lowest BCUT2D eigenvalue weighted by molar-refractivity contribution is -0.116. The van der Waals surface area contributed by atoms with Gasteiger partial charge in [0, 0.05) is 17.1 Å². The Morgan fingerprint density at radius 2 is 1.92 bits per heavy atom. The van der Waals surface area contributed by atoms with E-state index in [0.717, 1.165) is 22.5 Å². The van der Waals surface area contributed by atoms with E-state index in [9.17, 15) is 4.79 Å². The zero-order chi connectivity index (χ0) is 18.7. The van der Waals surface area contributed by atoms with Crippen LogP contribution < -0.4 is 5.32 Å². The Hall–Kier alpha value is -2.73. The first-order chi connectivity index (χ1) is 12.4. The molecule has 6 nitrogen and oxygen atoms in total. The molecule has 0 saturated heterocycles. The van der Waals surface area contributed by atoms with Crippen molar-refractivity contribution in [1.29, 1.82) is 0 Å². The highest BCUT2D eigenvalue weighted by molar-refractivity contribution is 6.30. The predicted octanol–water partition coefficient (Wildman–Crippen LogP) is 3.81. The van der Waals surface area contributed by atoms with Gasteiger partial charge < -0.3 is 5.32 Å². The average Bonchev–Trinajstić information content (AvgIpc) is 2.88. The molecule has 0 aliphatic carbocycles. The third kappa shape index (κ3) is 4.08. The highest BCUT2D eigenvalue weighted by Crippen LogP contribution is 2.15. The van der Waals surface area contributed by atoms with Crippen molar-refractivity contribution >= 4 is 23.2 Å². The predicted molar refractivity (Wildman–Crippen MR) is 102 cm³/mol. The van der Waals surface area contributed by atoms with Crippen LogP contribution in [0.25, 0.3) is 5.95 Å². The summed E-state index contributed by atoms with van der Waals surface area (Å²) in [6, 6.07) is 7.51. The number of nitrogens with zero attached hydrogens (tertiary/aromatic N) is 4. The van der Waals surface area contributed by atoms with Gasteiger partial charge in [-0.15, -0.1) is 0 Å². The summed E-state index contributed by atoms with van der Waals surface area (Å²) in [5, 5.41) is 7.92. The van der Waals surface area contributed by atoms with E-state index in [1.165, 1.54) is 0 Å². The molecule has 7 heteroatoms. The normalized spacial score (nSPS) is 10.8. The Balaban J connectivity index is 1.62. The van der Waals surface area contributed by atoms with E-state index in [1.54, 1.807) is 17.1 Å². The van der Waals surface area contributed by atoms with Crippen LogP contribution in [0.2, 0.25) is 5.02 Å². The fourth-order valence-electron chi connectivity index (χ4n) is 2.58. The quantitative estimate of drug-likeness (QED) is 0.742. The van der Waals surface area contributed by atoms with Gasteiger partial charge in [0.2, 0.25) is 5.91 Å². The number of carbonyl (C=O) groups excluding carboxylic acids is 1. The third-order valence-electron chi connectivity index (χ3n) is 4.29. The first-order valence-electron chi connectivity index (χ1n) is 8.33. The maximum Gasteiger partial charge on any atom is 0.250 e. The van der Waals surface area contributed by atoms with Gasteiger partial charge >= 0.3 is 0 Å². The van der Waals surface area contributed by atoms with E-state index >= 15 is 0 Å². The lowest BCUT2D eigenvalue weighted by Gasteiger charge is -2.07. The van der Waals surface area contributed by atoms with E-state index in [4.69, 9.17) is 11.6 Å². The average molecular weight is 370 g/mol. The second kappa shape index (κ2) is 7.66. The van der Waals surface area contributed by atoms with Crippen molar-refractivity contribution in [2.45, 2.75) is 33.6 Å². The molecule has 0 unspecified atom stereocenters. The molecule has 3 rings (SSSR count). The molecule has 0 radical (unpaired) electrons. The van der Waals surface area contributed by atoms with Crippen molar-refractivity contribution in [2.75, 3.05) is 5.32 Å². The van der Waals surface area contributed by atoms with Crippen molar-refractivity contribution in [3.8, 4) is 5.95 Å².